The summed E-state index contributed by atoms with van der Waals surface area (Å²) in [5.74, 6) is 0.864. The van der Waals surface area contributed by atoms with E-state index in [1.807, 2.05) is 6.92 Å². The summed E-state index contributed by atoms with van der Waals surface area (Å²) in [6.07, 6.45) is 5.27. The number of rotatable bonds is 8. The molecule has 0 spiro atoms. The van der Waals surface area contributed by atoms with Gasteiger partial charge in [0.15, 0.2) is 0 Å². The molecule has 1 fully saturated rings. The highest BCUT2D eigenvalue weighted by Gasteiger charge is 2.23. The third-order valence-electron chi connectivity index (χ3n) is 4.49. The van der Waals surface area contributed by atoms with E-state index in [4.69, 9.17) is 5.73 Å². The van der Waals surface area contributed by atoms with Gasteiger partial charge in [0.2, 0.25) is 0 Å². The van der Waals surface area contributed by atoms with Gasteiger partial charge in [-0.05, 0) is 71.8 Å². The Balaban J connectivity index is 2.16. The number of hydrogen-bond acceptors (Lipinski definition) is 4. The summed E-state index contributed by atoms with van der Waals surface area (Å²) in [5, 5.41) is 10.2. The molecule has 19 heavy (non-hydrogen) atoms. The Hall–Kier alpha value is -0.160. The first-order valence-corrected chi connectivity index (χ1v) is 7.78. The first kappa shape index (κ1) is 16.9. The van der Waals surface area contributed by atoms with E-state index in [1.54, 1.807) is 0 Å². The van der Waals surface area contributed by atoms with Gasteiger partial charge in [0.25, 0.3) is 0 Å². The monoisotopic (exact) mass is 271 g/mol. The van der Waals surface area contributed by atoms with Gasteiger partial charge in [-0.25, -0.2) is 0 Å². The van der Waals surface area contributed by atoms with Crippen LogP contribution in [-0.4, -0.2) is 67.3 Å². The number of aliphatic hydroxyl groups is 1. The highest BCUT2D eigenvalue weighted by Crippen LogP contribution is 2.20. The fourth-order valence-electron chi connectivity index (χ4n) is 2.96. The molecule has 1 saturated heterocycles. The average molecular weight is 271 g/mol. The molecule has 4 nitrogen and oxygen atoms in total. The maximum Gasteiger partial charge on any atom is 0.0767 e. The smallest absolute Gasteiger partial charge is 0.0767 e. The number of likely N-dealkylation sites (tertiary alicyclic amines) is 1. The van der Waals surface area contributed by atoms with Crippen LogP contribution in [0.5, 0.6) is 0 Å². The number of nitrogens with zero attached hydrogens (tertiary/aromatic N) is 2. The van der Waals surface area contributed by atoms with Crippen LogP contribution in [0.2, 0.25) is 0 Å². The van der Waals surface area contributed by atoms with Gasteiger partial charge in [0.05, 0.1) is 5.60 Å². The second kappa shape index (κ2) is 8.20. The summed E-state index contributed by atoms with van der Waals surface area (Å²) in [6, 6.07) is 0. The number of piperidine rings is 1. The predicted octanol–water partition coefficient (Wildman–Crippen LogP) is 1.14. The Bertz CT molecular complexity index is 234. The Morgan fingerprint density at radius 3 is 2.42 bits per heavy atom. The van der Waals surface area contributed by atoms with E-state index in [9.17, 15) is 5.11 Å². The van der Waals surface area contributed by atoms with E-state index in [-0.39, 0.29) is 0 Å². The zero-order valence-corrected chi connectivity index (χ0v) is 13.1. The fourth-order valence-corrected chi connectivity index (χ4v) is 2.96. The Morgan fingerprint density at radius 1 is 1.32 bits per heavy atom. The molecule has 1 heterocycles. The van der Waals surface area contributed by atoms with Crippen molar-refractivity contribution in [1.82, 2.24) is 9.80 Å². The molecule has 0 saturated carbocycles. The van der Waals surface area contributed by atoms with Gasteiger partial charge < -0.3 is 20.6 Å². The molecule has 1 aliphatic heterocycles. The molecule has 4 heteroatoms. The van der Waals surface area contributed by atoms with Crippen molar-refractivity contribution in [1.29, 1.82) is 0 Å². The third kappa shape index (κ3) is 6.21. The van der Waals surface area contributed by atoms with Crippen LogP contribution < -0.4 is 5.73 Å². The van der Waals surface area contributed by atoms with E-state index in [1.165, 1.54) is 32.5 Å². The summed E-state index contributed by atoms with van der Waals surface area (Å²) < 4.78 is 0. The summed E-state index contributed by atoms with van der Waals surface area (Å²) in [5.41, 5.74) is 5.00. The molecule has 1 unspecified atom stereocenters. The third-order valence-corrected chi connectivity index (χ3v) is 4.49. The minimum atomic E-state index is -0.636. The molecule has 1 atom stereocenters. The Morgan fingerprint density at radius 2 is 1.95 bits per heavy atom. The largest absolute Gasteiger partial charge is 0.389 e. The molecule has 0 aliphatic carbocycles. The molecule has 1 aliphatic rings. The van der Waals surface area contributed by atoms with Crippen LogP contribution in [0.15, 0.2) is 0 Å². The lowest BCUT2D eigenvalue weighted by molar-refractivity contribution is 0.0303. The van der Waals surface area contributed by atoms with Crippen molar-refractivity contribution >= 4 is 0 Å². The van der Waals surface area contributed by atoms with Crippen LogP contribution in [-0.2, 0) is 0 Å². The highest BCUT2D eigenvalue weighted by molar-refractivity contribution is 4.79. The van der Waals surface area contributed by atoms with Crippen molar-refractivity contribution in [3.8, 4) is 0 Å². The van der Waals surface area contributed by atoms with E-state index >= 15 is 0 Å². The Labute approximate surface area is 118 Å². The average Bonchev–Trinajstić information content (AvgIpc) is 2.40. The van der Waals surface area contributed by atoms with Gasteiger partial charge >= 0.3 is 0 Å². The van der Waals surface area contributed by atoms with Crippen molar-refractivity contribution in [2.24, 2.45) is 11.7 Å². The van der Waals surface area contributed by atoms with Crippen LogP contribution in [0.1, 0.15) is 39.0 Å². The second-order valence-electron chi connectivity index (χ2n) is 6.43. The SMILES string of the molecule is CCC(O)(CN)CCCN1CCC(CN(C)C)CC1. The van der Waals surface area contributed by atoms with Crippen molar-refractivity contribution in [2.75, 3.05) is 46.8 Å². The van der Waals surface area contributed by atoms with Gasteiger partial charge in [0, 0.05) is 13.1 Å². The lowest BCUT2D eigenvalue weighted by Crippen LogP contribution is -2.40. The minimum Gasteiger partial charge on any atom is -0.389 e. The van der Waals surface area contributed by atoms with Crippen molar-refractivity contribution in [3.63, 3.8) is 0 Å². The first-order valence-electron chi connectivity index (χ1n) is 7.78. The summed E-state index contributed by atoms with van der Waals surface area (Å²) in [6.45, 7) is 7.15. The minimum absolute atomic E-state index is 0.383. The predicted molar refractivity (Wildman–Crippen MR) is 81.2 cm³/mol. The molecule has 0 aromatic carbocycles. The van der Waals surface area contributed by atoms with E-state index in [2.05, 4.69) is 23.9 Å². The molecule has 114 valence electrons. The van der Waals surface area contributed by atoms with Crippen molar-refractivity contribution in [3.05, 3.63) is 0 Å². The van der Waals surface area contributed by atoms with Crippen molar-refractivity contribution < 1.29 is 5.11 Å². The molecule has 1 rings (SSSR count). The topological polar surface area (TPSA) is 52.7 Å². The molecule has 0 aromatic rings. The van der Waals surface area contributed by atoms with Gasteiger partial charge in [-0.1, -0.05) is 6.92 Å². The standard InChI is InChI=1S/C15H33N3O/c1-4-15(19,13-16)8-5-9-18-10-6-14(7-11-18)12-17(2)3/h14,19H,4-13,16H2,1-3H3. The van der Waals surface area contributed by atoms with Crippen LogP contribution >= 0.6 is 0 Å². The van der Waals surface area contributed by atoms with E-state index in [0.717, 1.165) is 31.7 Å². The lowest BCUT2D eigenvalue weighted by Gasteiger charge is -2.34. The quantitative estimate of drug-likeness (QED) is 0.695. The maximum absolute atomic E-state index is 10.2. The van der Waals surface area contributed by atoms with Gasteiger partial charge in [-0.15, -0.1) is 0 Å². The molecular weight excluding hydrogens is 238 g/mol. The second-order valence-corrected chi connectivity index (χ2v) is 6.43. The maximum atomic E-state index is 10.2. The summed E-state index contributed by atoms with van der Waals surface area (Å²) >= 11 is 0. The Kier molecular flexibility index (Phi) is 7.29. The first-order chi connectivity index (χ1) is 8.99. The molecule has 0 bridgehead atoms. The van der Waals surface area contributed by atoms with Gasteiger partial charge in [-0.2, -0.15) is 0 Å². The van der Waals surface area contributed by atoms with Crippen LogP contribution in [0.4, 0.5) is 0 Å². The lowest BCUT2D eigenvalue weighted by atomic mass is 9.93. The molecular formula is C15H33N3O. The molecule has 3 N–H and O–H groups in total. The zero-order valence-electron chi connectivity index (χ0n) is 13.1. The normalized spacial score (nSPS) is 21.8. The number of nitrogens with two attached hydrogens (primary N) is 1. The summed E-state index contributed by atoms with van der Waals surface area (Å²) in [4.78, 5) is 4.84. The van der Waals surface area contributed by atoms with Crippen LogP contribution in [0, 0.1) is 5.92 Å². The highest BCUT2D eigenvalue weighted by atomic mass is 16.3. The molecule has 0 radical (unpaired) electrons. The van der Waals surface area contributed by atoms with Gasteiger partial charge in [-0.3, -0.25) is 0 Å². The zero-order chi connectivity index (χ0) is 14.3. The van der Waals surface area contributed by atoms with E-state index in [0.29, 0.717) is 6.54 Å². The fraction of sp³-hybridized carbons (Fsp3) is 1.00. The molecule has 0 aromatic heterocycles. The summed E-state index contributed by atoms with van der Waals surface area (Å²) in [7, 11) is 4.32. The number of hydrogen-bond donors (Lipinski definition) is 2. The van der Waals surface area contributed by atoms with E-state index < -0.39 is 5.60 Å². The van der Waals surface area contributed by atoms with Gasteiger partial charge in [0.1, 0.15) is 0 Å². The molecule has 0 amide bonds. The van der Waals surface area contributed by atoms with Crippen LogP contribution in [0.25, 0.3) is 0 Å². The van der Waals surface area contributed by atoms with Crippen molar-refractivity contribution in [2.45, 2.75) is 44.6 Å². The van der Waals surface area contributed by atoms with Crippen LogP contribution in [0.3, 0.4) is 0 Å².